The van der Waals surface area contributed by atoms with Crippen molar-refractivity contribution in [3.05, 3.63) is 11.8 Å². The molecule has 2 bridgehead atoms. The van der Waals surface area contributed by atoms with Crippen LogP contribution in [-0.4, -0.2) is 44.0 Å². The highest BCUT2D eigenvalue weighted by Crippen LogP contribution is 2.38. The molecule has 7 nitrogen and oxygen atoms in total. The van der Waals surface area contributed by atoms with Crippen LogP contribution in [0, 0.1) is 11.8 Å². The highest BCUT2D eigenvalue weighted by molar-refractivity contribution is 5.76. The Hall–Kier alpha value is -1.63. The lowest BCUT2D eigenvalue weighted by Gasteiger charge is -2.31. The number of rotatable bonds is 3. The first-order valence-electron chi connectivity index (χ1n) is 7.72. The number of urea groups is 1. The fourth-order valence-corrected chi connectivity index (χ4v) is 3.87. The maximum atomic E-state index is 12.0. The number of carbonyl (C=O) groups excluding carboxylic acids is 1. The van der Waals surface area contributed by atoms with Gasteiger partial charge < -0.3 is 9.32 Å². The Bertz CT molecular complexity index is 554. The van der Waals surface area contributed by atoms with Gasteiger partial charge in [0.25, 0.3) is 0 Å². The zero-order chi connectivity index (χ0) is 14.6. The number of piperidine rings is 1. The van der Waals surface area contributed by atoms with Gasteiger partial charge in [0, 0.05) is 13.0 Å². The van der Waals surface area contributed by atoms with Crippen LogP contribution >= 0.6 is 0 Å². The lowest BCUT2D eigenvalue weighted by Crippen LogP contribution is -2.34. The normalized spacial score (nSPS) is 35.2. The van der Waals surface area contributed by atoms with Gasteiger partial charge in [-0.3, -0.25) is 5.21 Å². The van der Waals surface area contributed by atoms with E-state index in [1.807, 2.05) is 0 Å². The van der Waals surface area contributed by atoms with Gasteiger partial charge in [0.1, 0.15) is 6.04 Å². The number of amides is 2. The molecule has 0 spiro atoms. The second kappa shape index (κ2) is 4.69. The summed E-state index contributed by atoms with van der Waals surface area (Å²) in [6.45, 7) is 2.80. The molecule has 2 aliphatic heterocycles. The van der Waals surface area contributed by atoms with E-state index in [1.165, 1.54) is 12.8 Å². The van der Waals surface area contributed by atoms with Crippen molar-refractivity contribution in [2.75, 3.05) is 6.54 Å². The van der Waals surface area contributed by atoms with E-state index >= 15 is 0 Å². The average Bonchev–Trinajstić information content (AvgIpc) is 2.99. The Morgan fingerprint density at radius 1 is 1.33 bits per heavy atom. The molecule has 21 heavy (non-hydrogen) atoms. The van der Waals surface area contributed by atoms with Crippen molar-refractivity contribution in [1.29, 1.82) is 0 Å². The number of hydrogen-bond acceptors (Lipinski definition) is 5. The molecule has 1 aliphatic carbocycles. The zero-order valence-corrected chi connectivity index (χ0v) is 12.1. The molecule has 3 heterocycles. The van der Waals surface area contributed by atoms with Crippen molar-refractivity contribution in [2.24, 2.45) is 11.8 Å². The molecule has 2 amide bonds. The summed E-state index contributed by atoms with van der Waals surface area (Å²) in [5.41, 5.74) is 0. The number of nitrogens with zero attached hydrogens (tertiary/aromatic N) is 4. The maximum absolute atomic E-state index is 12.0. The number of aromatic nitrogens is 2. The minimum atomic E-state index is -0.352. The smallest absolute Gasteiger partial charge is 0.344 e. The third-order valence-corrected chi connectivity index (χ3v) is 5.05. The van der Waals surface area contributed by atoms with Crippen LogP contribution in [0.15, 0.2) is 4.42 Å². The molecule has 7 heteroatoms. The van der Waals surface area contributed by atoms with Crippen molar-refractivity contribution in [1.82, 2.24) is 20.2 Å². The quantitative estimate of drug-likeness (QED) is 0.861. The van der Waals surface area contributed by atoms with Gasteiger partial charge in [0.2, 0.25) is 11.8 Å². The fourth-order valence-electron chi connectivity index (χ4n) is 3.87. The SMILES string of the molecule is CC1CC(Cc2nnc([C@@H]3CC[C@@H]4CN3C(=O)N4O)o2)C1. The molecule has 1 saturated carbocycles. The number of carbonyl (C=O) groups is 1. The van der Waals surface area contributed by atoms with E-state index in [1.54, 1.807) is 4.90 Å². The van der Waals surface area contributed by atoms with Crippen LogP contribution in [-0.2, 0) is 6.42 Å². The minimum absolute atomic E-state index is 0.0902. The lowest BCUT2D eigenvalue weighted by molar-refractivity contribution is -0.0584. The lowest BCUT2D eigenvalue weighted by atomic mass is 9.74. The van der Waals surface area contributed by atoms with Crippen molar-refractivity contribution in [3.8, 4) is 0 Å². The molecule has 0 unspecified atom stereocenters. The van der Waals surface area contributed by atoms with E-state index in [2.05, 4.69) is 17.1 Å². The van der Waals surface area contributed by atoms with Gasteiger partial charge in [0.15, 0.2) is 0 Å². The third-order valence-electron chi connectivity index (χ3n) is 5.05. The van der Waals surface area contributed by atoms with Gasteiger partial charge in [-0.25, -0.2) is 9.86 Å². The molecule has 0 radical (unpaired) electrons. The molecule has 3 aliphatic rings. The summed E-state index contributed by atoms with van der Waals surface area (Å²) in [6, 6.07) is -0.630. The molecule has 114 valence electrons. The fraction of sp³-hybridized carbons (Fsp3) is 0.786. The van der Waals surface area contributed by atoms with Gasteiger partial charge >= 0.3 is 6.03 Å². The second-order valence-electron chi connectivity index (χ2n) is 6.71. The summed E-state index contributed by atoms with van der Waals surface area (Å²) in [5, 5.41) is 18.8. The first kappa shape index (κ1) is 13.1. The Balaban J connectivity index is 1.47. The molecular formula is C14H20N4O3. The van der Waals surface area contributed by atoms with E-state index in [0.717, 1.165) is 30.2 Å². The van der Waals surface area contributed by atoms with Gasteiger partial charge in [-0.2, -0.15) is 0 Å². The van der Waals surface area contributed by atoms with E-state index < -0.39 is 0 Å². The van der Waals surface area contributed by atoms with Gasteiger partial charge in [0.05, 0.1) is 6.04 Å². The highest BCUT2D eigenvalue weighted by Gasteiger charge is 2.46. The van der Waals surface area contributed by atoms with Crippen molar-refractivity contribution >= 4 is 6.03 Å². The van der Waals surface area contributed by atoms with Crippen molar-refractivity contribution in [3.63, 3.8) is 0 Å². The number of fused-ring (bicyclic) bond motifs is 2. The first-order chi connectivity index (χ1) is 10.1. The molecule has 1 aromatic rings. The van der Waals surface area contributed by atoms with Crippen LogP contribution in [0.25, 0.3) is 0 Å². The monoisotopic (exact) mass is 292 g/mol. The Kier molecular flexibility index (Phi) is 2.92. The Morgan fingerprint density at radius 3 is 2.90 bits per heavy atom. The van der Waals surface area contributed by atoms with Crippen molar-refractivity contribution in [2.45, 2.75) is 51.1 Å². The van der Waals surface area contributed by atoms with Gasteiger partial charge in [-0.15, -0.1) is 10.2 Å². The first-order valence-corrected chi connectivity index (χ1v) is 7.72. The topological polar surface area (TPSA) is 82.7 Å². The molecular weight excluding hydrogens is 272 g/mol. The summed E-state index contributed by atoms with van der Waals surface area (Å²) in [4.78, 5) is 13.6. The second-order valence-corrected chi connectivity index (χ2v) is 6.71. The Labute approximate surface area is 122 Å². The maximum Gasteiger partial charge on any atom is 0.344 e. The number of hydrogen-bond donors (Lipinski definition) is 1. The van der Waals surface area contributed by atoms with E-state index in [9.17, 15) is 10.0 Å². The van der Waals surface area contributed by atoms with E-state index in [0.29, 0.717) is 24.2 Å². The summed E-state index contributed by atoms with van der Waals surface area (Å²) < 4.78 is 5.78. The summed E-state index contributed by atoms with van der Waals surface area (Å²) in [5.74, 6) is 2.66. The predicted octanol–water partition coefficient (Wildman–Crippen LogP) is 1.99. The summed E-state index contributed by atoms with van der Waals surface area (Å²) in [6.07, 6.45) is 4.82. The van der Waals surface area contributed by atoms with E-state index in [4.69, 9.17) is 4.42 Å². The third kappa shape index (κ3) is 2.10. The molecule has 0 aromatic carbocycles. The van der Waals surface area contributed by atoms with Crippen LogP contribution in [0.2, 0.25) is 0 Å². The van der Waals surface area contributed by atoms with Crippen LogP contribution in [0.3, 0.4) is 0 Å². The standard InChI is InChI=1S/C14H20N4O3/c1-8-4-9(5-8)6-12-15-16-13(21-12)11-3-2-10-7-17(11)14(19)18(10)20/h8-11,20H,2-7H2,1H3/t8?,9?,10-,11+/m1/s1. The van der Waals surface area contributed by atoms with Crippen LogP contribution in [0.1, 0.15) is 50.4 Å². The highest BCUT2D eigenvalue weighted by atomic mass is 16.5. The van der Waals surface area contributed by atoms with Gasteiger partial charge in [-0.1, -0.05) is 6.92 Å². The molecule has 2 atom stereocenters. The molecule has 1 N–H and O–H groups in total. The van der Waals surface area contributed by atoms with E-state index in [-0.39, 0.29) is 18.1 Å². The molecule has 4 rings (SSSR count). The van der Waals surface area contributed by atoms with Crippen LogP contribution in [0.4, 0.5) is 4.79 Å². The summed E-state index contributed by atoms with van der Waals surface area (Å²) >= 11 is 0. The average molecular weight is 292 g/mol. The van der Waals surface area contributed by atoms with Gasteiger partial charge in [-0.05, 0) is 37.5 Å². The minimum Gasteiger partial charge on any atom is -0.423 e. The van der Waals surface area contributed by atoms with Crippen LogP contribution in [0.5, 0.6) is 0 Å². The Morgan fingerprint density at radius 2 is 2.14 bits per heavy atom. The van der Waals surface area contributed by atoms with Crippen molar-refractivity contribution < 1.29 is 14.4 Å². The predicted molar refractivity (Wildman–Crippen MR) is 71.4 cm³/mol. The largest absolute Gasteiger partial charge is 0.423 e. The summed E-state index contributed by atoms with van der Waals surface area (Å²) in [7, 11) is 0. The zero-order valence-electron chi connectivity index (χ0n) is 12.1. The molecule has 3 fully saturated rings. The molecule has 2 saturated heterocycles. The molecule has 1 aromatic heterocycles. The van der Waals surface area contributed by atoms with Crippen LogP contribution < -0.4 is 0 Å². The number of hydroxylamine groups is 2.